The molecule has 0 spiro atoms. The summed E-state index contributed by atoms with van der Waals surface area (Å²) in [7, 11) is 0. The molecule has 0 aliphatic rings. The van der Waals surface area contributed by atoms with Crippen molar-refractivity contribution in [1.29, 1.82) is 0 Å². The average molecular weight is 149 g/mol. The van der Waals surface area contributed by atoms with Crippen LogP contribution in [0.5, 0.6) is 5.75 Å². The van der Waals surface area contributed by atoms with Crippen LogP contribution in [-0.4, -0.2) is 11.7 Å². The van der Waals surface area contributed by atoms with E-state index in [0.29, 0.717) is 6.54 Å². The second kappa shape index (κ2) is 3.78. The van der Waals surface area contributed by atoms with Gasteiger partial charge in [0.15, 0.2) is 0 Å². The maximum Gasteiger partial charge on any atom is 0.116 e. The van der Waals surface area contributed by atoms with Crippen molar-refractivity contribution in [2.75, 3.05) is 6.54 Å². The fourth-order valence-electron chi connectivity index (χ4n) is 0.833. The smallest absolute Gasteiger partial charge is 0.116 e. The predicted molar refractivity (Wildman–Crippen MR) is 46.2 cm³/mol. The van der Waals surface area contributed by atoms with Gasteiger partial charge in [-0.3, -0.25) is 0 Å². The normalized spacial score (nSPS) is 10.6. The molecule has 0 amide bonds. The van der Waals surface area contributed by atoms with Gasteiger partial charge in [0.1, 0.15) is 5.75 Å². The van der Waals surface area contributed by atoms with Crippen molar-refractivity contribution >= 4 is 6.08 Å². The molecule has 0 radical (unpaired) electrons. The van der Waals surface area contributed by atoms with Crippen LogP contribution in [0.2, 0.25) is 0 Å². The predicted octanol–water partition coefficient (Wildman–Crippen LogP) is 1.36. The highest BCUT2D eigenvalue weighted by atomic mass is 16.3. The molecule has 11 heavy (non-hydrogen) atoms. The zero-order chi connectivity index (χ0) is 8.10. The summed E-state index contributed by atoms with van der Waals surface area (Å²) in [6.07, 6.45) is 3.72. The molecule has 1 rings (SSSR count). The lowest BCUT2D eigenvalue weighted by Crippen LogP contribution is -1.91. The molecule has 1 aromatic rings. The average Bonchev–Trinajstić information content (AvgIpc) is 2.01. The Kier molecular flexibility index (Phi) is 2.69. The molecule has 0 bridgehead atoms. The fraction of sp³-hybridized carbons (Fsp3) is 0.111. The lowest BCUT2D eigenvalue weighted by molar-refractivity contribution is 0.475. The highest BCUT2D eigenvalue weighted by Crippen LogP contribution is 2.11. The van der Waals surface area contributed by atoms with Crippen LogP contribution in [0.25, 0.3) is 6.08 Å². The van der Waals surface area contributed by atoms with Gasteiger partial charge in [0.2, 0.25) is 0 Å². The van der Waals surface area contributed by atoms with E-state index in [1.807, 2.05) is 18.2 Å². The van der Waals surface area contributed by atoms with E-state index in [9.17, 15) is 0 Å². The maximum atomic E-state index is 9.05. The van der Waals surface area contributed by atoms with Crippen LogP contribution < -0.4 is 5.73 Å². The van der Waals surface area contributed by atoms with E-state index in [2.05, 4.69) is 0 Å². The maximum absolute atomic E-state index is 9.05. The highest BCUT2D eigenvalue weighted by Gasteiger charge is 1.87. The minimum atomic E-state index is 0.282. The van der Waals surface area contributed by atoms with Crippen LogP contribution >= 0.6 is 0 Å². The Morgan fingerprint density at radius 1 is 1.45 bits per heavy atom. The Morgan fingerprint density at radius 3 is 2.91 bits per heavy atom. The lowest BCUT2D eigenvalue weighted by Gasteiger charge is -1.93. The van der Waals surface area contributed by atoms with Crippen LogP contribution in [0.15, 0.2) is 30.3 Å². The monoisotopic (exact) mass is 149 g/mol. The summed E-state index contributed by atoms with van der Waals surface area (Å²) < 4.78 is 0. The van der Waals surface area contributed by atoms with Gasteiger partial charge in [-0.1, -0.05) is 24.3 Å². The molecule has 0 fully saturated rings. The quantitative estimate of drug-likeness (QED) is 0.667. The molecule has 1 aromatic carbocycles. The zero-order valence-corrected chi connectivity index (χ0v) is 6.20. The third-order valence-electron chi connectivity index (χ3n) is 1.32. The van der Waals surface area contributed by atoms with Gasteiger partial charge in [0.05, 0.1) is 0 Å². The van der Waals surface area contributed by atoms with E-state index < -0.39 is 0 Å². The lowest BCUT2D eigenvalue weighted by atomic mass is 10.2. The molecule has 0 heterocycles. The first-order valence-corrected chi connectivity index (χ1v) is 3.48. The number of benzene rings is 1. The van der Waals surface area contributed by atoms with Gasteiger partial charge >= 0.3 is 0 Å². The summed E-state index contributed by atoms with van der Waals surface area (Å²) in [6, 6.07) is 7.03. The summed E-state index contributed by atoms with van der Waals surface area (Å²) >= 11 is 0. The van der Waals surface area contributed by atoms with Crippen molar-refractivity contribution in [3.05, 3.63) is 35.9 Å². The number of phenolic OH excluding ortho intramolecular Hbond substituents is 1. The van der Waals surface area contributed by atoms with Crippen LogP contribution in [-0.2, 0) is 0 Å². The van der Waals surface area contributed by atoms with Crippen molar-refractivity contribution in [2.24, 2.45) is 5.73 Å². The van der Waals surface area contributed by atoms with Gasteiger partial charge in [-0.05, 0) is 17.7 Å². The number of phenols is 1. The summed E-state index contributed by atoms with van der Waals surface area (Å²) in [6.45, 7) is 0.523. The summed E-state index contributed by atoms with van der Waals surface area (Å²) in [5.41, 5.74) is 6.23. The molecule has 0 atom stereocenters. The third kappa shape index (κ3) is 2.43. The molecule has 0 saturated carbocycles. The van der Waals surface area contributed by atoms with Crippen molar-refractivity contribution in [3.63, 3.8) is 0 Å². The third-order valence-corrected chi connectivity index (χ3v) is 1.32. The minimum absolute atomic E-state index is 0.282. The van der Waals surface area contributed by atoms with E-state index in [-0.39, 0.29) is 5.75 Å². The Labute approximate surface area is 66.0 Å². The van der Waals surface area contributed by atoms with Crippen LogP contribution in [0.3, 0.4) is 0 Å². The first-order valence-electron chi connectivity index (χ1n) is 3.48. The van der Waals surface area contributed by atoms with Gasteiger partial charge in [0.25, 0.3) is 0 Å². The van der Waals surface area contributed by atoms with Crippen molar-refractivity contribution in [2.45, 2.75) is 0 Å². The number of hydrogen-bond donors (Lipinski definition) is 2. The van der Waals surface area contributed by atoms with Crippen LogP contribution in [0, 0.1) is 0 Å². The molecule has 0 aromatic heterocycles. The molecule has 0 unspecified atom stereocenters. The molecule has 58 valence electrons. The van der Waals surface area contributed by atoms with Crippen LogP contribution in [0.1, 0.15) is 5.56 Å². The molecule has 3 N–H and O–H groups in total. The topological polar surface area (TPSA) is 46.2 Å². The molecule has 0 aliphatic heterocycles. The van der Waals surface area contributed by atoms with Crippen molar-refractivity contribution < 1.29 is 5.11 Å². The molecular formula is C9H11NO. The Morgan fingerprint density at radius 2 is 2.27 bits per heavy atom. The Hall–Kier alpha value is -1.28. The van der Waals surface area contributed by atoms with Gasteiger partial charge in [-0.15, -0.1) is 0 Å². The number of nitrogens with two attached hydrogens (primary N) is 1. The van der Waals surface area contributed by atoms with E-state index in [1.54, 1.807) is 18.2 Å². The summed E-state index contributed by atoms with van der Waals surface area (Å²) in [5.74, 6) is 0.282. The first kappa shape index (κ1) is 7.82. The fourth-order valence-corrected chi connectivity index (χ4v) is 0.833. The van der Waals surface area contributed by atoms with Gasteiger partial charge < -0.3 is 10.8 Å². The van der Waals surface area contributed by atoms with E-state index in [4.69, 9.17) is 10.8 Å². The van der Waals surface area contributed by atoms with Crippen molar-refractivity contribution in [3.8, 4) is 5.75 Å². The molecule has 0 aliphatic carbocycles. The van der Waals surface area contributed by atoms with Crippen LogP contribution in [0.4, 0.5) is 0 Å². The van der Waals surface area contributed by atoms with Gasteiger partial charge in [0, 0.05) is 6.54 Å². The molecule has 0 saturated heterocycles. The molecule has 2 heteroatoms. The Bertz CT molecular complexity index is 255. The van der Waals surface area contributed by atoms with Gasteiger partial charge in [-0.25, -0.2) is 0 Å². The Balaban J connectivity index is 2.79. The summed E-state index contributed by atoms with van der Waals surface area (Å²) in [4.78, 5) is 0. The second-order valence-electron chi connectivity index (χ2n) is 2.23. The largest absolute Gasteiger partial charge is 0.508 e. The summed E-state index contributed by atoms with van der Waals surface area (Å²) in [5, 5.41) is 9.05. The molecular weight excluding hydrogens is 138 g/mol. The second-order valence-corrected chi connectivity index (χ2v) is 2.23. The minimum Gasteiger partial charge on any atom is -0.508 e. The molecule has 2 nitrogen and oxygen atoms in total. The van der Waals surface area contributed by atoms with E-state index in [1.165, 1.54) is 0 Å². The number of hydrogen-bond acceptors (Lipinski definition) is 2. The first-order chi connectivity index (χ1) is 5.33. The van der Waals surface area contributed by atoms with Crippen molar-refractivity contribution in [1.82, 2.24) is 0 Å². The zero-order valence-electron chi connectivity index (χ0n) is 6.20. The van der Waals surface area contributed by atoms with Gasteiger partial charge in [-0.2, -0.15) is 0 Å². The van der Waals surface area contributed by atoms with E-state index in [0.717, 1.165) is 5.56 Å². The highest BCUT2D eigenvalue weighted by molar-refractivity contribution is 5.51. The standard InChI is InChI=1S/C9H11NO/c10-6-2-4-8-3-1-5-9(11)7-8/h1-5,7,11H,6,10H2/b4-2-. The number of aromatic hydroxyl groups is 1. The SMILES string of the molecule is NC/C=C\c1cccc(O)c1. The number of rotatable bonds is 2. The van der Waals surface area contributed by atoms with E-state index >= 15 is 0 Å².